The van der Waals surface area contributed by atoms with Gasteiger partial charge in [-0.3, -0.25) is 9.48 Å². The van der Waals surface area contributed by atoms with Gasteiger partial charge in [0.05, 0.1) is 44.3 Å². The number of methoxy groups -OCH3 is 3. The lowest BCUT2D eigenvalue weighted by atomic mass is 10.0. The molecule has 5 rings (SSSR count). The molecule has 0 radical (unpaired) electrons. The van der Waals surface area contributed by atoms with E-state index in [4.69, 9.17) is 23.9 Å². The number of hydrogen-bond acceptors (Lipinski definition) is 7. The summed E-state index contributed by atoms with van der Waals surface area (Å²) in [4.78, 5) is 20.6. The van der Waals surface area contributed by atoms with E-state index in [1.165, 1.54) is 0 Å². The highest BCUT2D eigenvalue weighted by Gasteiger charge is 2.25. The van der Waals surface area contributed by atoms with Crippen LogP contribution in [0.5, 0.6) is 17.2 Å². The number of fused-ring (bicyclic) bond motifs is 1. The molecular weight excluding hydrogens is 508 g/mol. The van der Waals surface area contributed by atoms with Gasteiger partial charge in [-0.1, -0.05) is 12.1 Å². The minimum Gasteiger partial charge on any atom is -0.497 e. The molecule has 4 aromatic rings. The van der Waals surface area contributed by atoms with Crippen LogP contribution in [0.15, 0.2) is 54.7 Å². The van der Waals surface area contributed by atoms with E-state index in [9.17, 15) is 4.79 Å². The minimum absolute atomic E-state index is 0.0222. The van der Waals surface area contributed by atoms with Crippen molar-refractivity contribution in [1.82, 2.24) is 19.7 Å². The summed E-state index contributed by atoms with van der Waals surface area (Å²) >= 11 is 0. The van der Waals surface area contributed by atoms with Crippen LogP contribution in [-0.4, -0.2) is 66.2 Å². The zero-order chi connectivity index (χ0) is 28.1. The van der Waals surface area contributed by atoms with Crippen LogP contribution < -0.4 is 14.2 Å². The van der Waals surface area contributed by atoms with Crippen LogP contribution in [-0.2, 0) is 22.6 Å². The van der Waals surface area contributed by atoms with Gasteiger partial charge >= 0.3 is 0 Å². The van der Waals surface area contributed by atoms with Crippen LogP contribution in [0.3, 0.4) is 0 Å². The maximum atomic E-state index is 13.7. The molecule has 210 valence electrons. The van der Waals surface area contributed by atoms with Gasteiger partial charge in [0.15, 0.2) is 11.5 Å². The Bertz CT molecular complexity index is 1480. The van der Waals surface area contributed by atoms with Gasteiger partial charge in [-0.05, 0) is 55.7 Å². The number of aromatic nitrogens is 3. The van der Waals surface area contributed by atoms with E-state index < -0.39 is 0 Å². The van der Waals surface area contributed by atoms with E-state index in [0.717, 1.165) is 58.6 Å². The monoisotopic (exact) mass is 544 g/mol. The highest BCUT2D eigenvalue weighted by Crippen LogP contribution is 2.35. The van der Waals surface area contributed by atoms with E-state index in [2.05, 4.69) is 11.2 Å². The Morgan fingerprint density at radius 1 is 1.07 bits per heavy atom. The molecule has 1 unspecified atom stereocenters. The van der Waals surface area contributed by atoms with Gasteiger partial charge in [-0.15, -0.1) is 0 Å². The third kappa shape index (κ3) is 6.20. The molecule has 1 atom stereocenters. The van der Waals surface area contributed by atoms with Crippen molar-refractivity contribution in [2.24, 2.45) is 0 Å². The molecule has 2 aromatic carbocycles. The summed E-state index contributed by atoms with van der Waals surface area (Å²) in [6.45, 7) is 4.11. The maximum absolute atomic E-state index is 13.7. The predicted octanol–water partition coefficient (Wildman–Crippen LogP) is 5.03. The number of aryl methyl sites for hydroxylation is 2. The molecule has 0 saturated carbocycles. The average molecular weight is 545 g/mol. The Balaban J connectivity index is 1.54. The first-order valence-electron chi connectivity index (χ1n) is 13.6. The van der Waals surface area contributed by atoms with Crippen molar-refractivity contribution in [3.63, 3.8) is 0 Å². The molecule has 1 aliphatic heterocycles. The van der Waals surface area contributed by atoms with Crippen LogP contribution in [0.1, 0.15) is 30.5 Å². The molecule has 1 saturated heterocycles. The quantitative estimate of drug-likeness (QED) is 0.262. The van der Waals surface area contributed by atoms with Crippen molar-refractivity contribution >= 4 is 16.8 Å². The first-order chi connectivity index (χ1) is 19.5. The van der Waals surface area contributed by atoms with Gasteiger partial charge in [0.25, 0.3) is 0 Å². The van der Waals surface area contributed by atoms with Crippen molar-refractivity contribution < 1.29 is 23.7 Å². The molecule has 1 fully saturated rings. The van der Waals surface area contributed by atoms with Crippen molar-refractivity contribution in [2.45, 2.75) is 45.4 Å². The Hall–Kier alpha value is -4.11. The third-order valence-electron chi connectivity index (χ3n) is 7.23. The minimum atomic E-state index is 0.0222. The van der Waals surface area contributed by atoms with E-state index in [1.807, 2.05) is 65.2 Å². The Morgan fingerprint density at radius 3 is 2.60 bits per heavy atom. The lowest BCUT2D eigenvalue weighted by molar-refractivity contribution is -0.133. The maximum Gasteiger partial charge on any atom is 0.224 e. The fourth-order valence-electron chi connectivity index (χ4n) is 5.14. The van der Waals surface area contributed by atoms with Crippen LogP contribution >= 0.6 is 0 Å². The molecular formula is C31H36N4O5. The van der Waals surface area contributed by atoms with Crippen molar-refractivity contribution in [1.29, 1.82) is 0 Å². The lowest BCUT2D eigenvalue weighted by Gasteiger charge is -2.27. The highest BCUT2D eigenvalue weighted by atomic mass is 16.5. The summed E-state index contributed by atoms with van der Waals surface area (Å²) in [6, 6.07) is 15.7. The van der Waals surface area contributed by atoms with Crippen LogP contribution in [0, 0.1) is 6.92 Å². The predicted molar refractivity (Wildman–Crippen MR) is 153 cm³/mol. The van der Waals surface area contributed by atoms with Gasteiger partial charge in [0, 0.05) is 55.9 Å². The highest BCUT2D eigenvalue weighted by molar-refractivity contribution is 5.87. The second kappa shape index (κ2) is 12.4. The Labute approximate surface area is 234 Å². The topological polar surface area (TPSA) is 87.9 Å². The number of nitrogens with zero attached hydrogens (tertiary/aromatic N) is 4. The van der Waals surface area contributed by atoms with E-state index in [-0.39, 0.29) is 12.0 Å². The normalized spacial score (nSPS) is 14.8. The molecule has 0 aliphatic carbocycles. The number of benzene rings is 2. The molecule has 0 spiro atoms. The smallest absolute Gasteiger partial charge is 0.224 e. The first-order valence-corrected chi connectivity index (χ1v) is 13.6. The molecule has 1 aliphatic rings. The molecule has 9 nitrogen and oxygen atoms in total. The summed E-state index contributed by atoms with van der Waals surface area (Å²) in [7, 11) is 4.88. The molecule has 2 aromatic heterocycles. The summed E-state index contributed by atoms with van der Waals surface area (Å²) in [5.74, 6) is 2.02. The second-order valence-corrected chi connectivity index (χ2v) is 10.0. The van der Waals surface area contributed by atoms with Crippen LogP contribution in [0.4, 0.5) is 0 Å². The first kappa shape index (κ1) is 27.5. The number of hydrogen-bond donors (Lipinski definition) is 0. The zero-order valence-corrected chi connectivity index (χ0v) is 23.6. The van der Waals surface area contributed by atoms with Crippen LogP contribution in [0.2, 0.25) is 0 Å². The summed E-state index contributed by atoms with van der Waals surface area (Å²) in [5.41, 5.74) is 4.31. The van der Waals surface area contributed by atoms with Gasteiger partial charge in [0.2, 0.25) is 5.91 Å². The molecule has 9 heteroatoms. The molecule has 1 amide bonds. The molecule has 3 heterocycles. The van der Waals surface area contributed by atoms with Gasteiger partial charge < -0.3 is 23.8 Å². The van der Waals surface area contributed by atoms with Gasteiger partial charge in [0.1, 0.15) is 5.75 Å². The largest absolute Gasteiger partial charge is 0.497 e. The SMILES string of the molecule is COc1cccc(-c2nc3cc(OC)c(OC)cc3cc2CN(CC2CCCO2)C(=O)CCn2ccc(C)n2)c1. The van der Waals surface area contributed by atoms with E-state index in [0.29, 0.717) is 37.6 Å². The number of carbonyl (C=O) groups is 1. The lowest BCUT2D eigenvalue weighted by Crippen LogP contribution is -2.37. The summed E-state index contributed by atoms with van der Waals surface area (Å²) in [5, 5.41) is 5.34. The number of rotatable bonds is 11. The number of amides is 1. The average Bonchev–Trinajstić information content (AvgIpc) is 3.65. The van der Waals surface area contributed by atoms with Crippen LogP contribution in [0.25, 0.3) is 22.2 Å². The molecule has 40 heavy (non-hydrogen) atoms. The zero-order valence-electron chi connectivity index (χ0n) is 23.6. The van der Waals surface area contributed by atoms with Crippen molar-refractivity contribution in [3.8, 4) is 28.5 Å². The number of carbonyl (C=O) groups excluding carboxylic acids is 1. The standard InChI is InChI=1S/C31H36N4O5/c1-21-10-12-35(33-21)13-11-30(36)34(20-26-9-6-14-40-26)19-24-15-23-17-28(38-3)29(39-4)18-27(23)32-31(24)22-7-5-8-25(16-22)37-2/h5,7-8,10,12,15-18,26H,6,9,11,13-14,19-20H2,1-4H3. The fraction of sp³-hybridized carbons (Fsp3) is 0.387. The van der Waals surface area contributed by atoms with Gasteiger partial charge in [-0.25, -0.2) is 4.98 Å². The third-order valence-corrected chi connectivity index (χ3v) is 7.23. The van der Waals surface area contributed by atoms with E-state index >= 15 is 0 Å². The Morgan fingerprint density at radius 2 is 1.90 bits per heavy atom. The van der Waals surface area contributed by atoms with E-state index in [1.54, 1.807) is 21.3 Å². The Kier molecular flexibility index (Phi) is 8.50. The summed E-state index contributed by atoms with van der Waals surface area (Å²) < 4.78 is 24.3. The fourth-order valence-corrected chi connectivity index (χ4v) is 5.14. The second-order valence-electron chi connectivity index (χ2n) is 10.0. The van der Waals surface area contributed by atoms with Crippen molar-refractivity contribution in [2.75, 3.05) is 34.5 Å². The molecule has 0 N–H and O–H groups in total. The number of pyridine rings is 1. The molecule has 0 bridgehead atoms. The van der Waals surface area contributed by atoms with Gasteiger partial charge in [-0.2, -0.15) is 5.10 Å². The number of ether oxygens (including phenoxy) is 4. The summed E-state index contributed by atoms with van der Waals surface area (Å²) in [6.07, 6.45) is 4.22. The van der Waals surface area contributed by atoms with Crippen molar-refractivity contribution in [3.05, 3.63) is 66.0 Å².